The molecular formula is C14H20N2O2. The number of hydrogen-bond donors (Lipinski definition) is 2. The standard InChI is InChI=1S/C14H20N2O2/c17-14(10-12-6-8-15-9-7-12)16-18-11-13-4-2-1-3-5-13/h1-5,12,15H,6-11H2,(H,16,17). The van der Waals surface area contributed by atoms with Crippen LogP contribution in [-0.2, 0) is 16.2 Å². The average molecular weight is 248 g/mol. The van der Waals surface area contributed by atoms with E-state index in [9.17, 15) is 4.79 Å². The number of carbonyl (C=O) groups excluding carboxylic acids is 1. The fraction of sp³-hybridized carbons (Fsp3) is 0.500. The van der Waals surface area contributed by atoms with Crippen molar-refractivity contribution in [2.24, 2.45) is 5.92 Å². The SMILES string of the molecule is O=C(CC1CCNCC1)NOCc1ccccc1. The second kappa shape index (κ2) is 7.13. The van der Waals surface area contributed by atoms with E-state index in [-0.39, 0.29) is 5.91 Å². The zero-order valence-electron chi connectivity index (χ0n) is 10.5. The Kier molecular flexibility index (Phi) is 5.17. The number of carbonyl (C=O) groups is 1. The molecule has 0 unspecified atom stereocenters. The Labute approximate surface area is 108 Å². The Bertz CT molecular complexity index is 361. The quantitative estimate of drug-likeness (QED) is 0.779. The van der Waals surface area contributed by atoms with Gasteiger partial charge in [-0.25, -0.2) is 5.48 Å². The average Bonchev–Trinajstić information content (AvgIpc) is 2.41. The van der Waals surface area contributed by atoms with Crippen LogP contribution in [0, 0.1) is 5.92 Å². The fourth-order valence-electron chi connectivity index (χ4n) is 2.16. The van der Waals surface area contributed by atoms with E-state index in [0.29, 0.717) is 18.9 Å². The summed E-state index contributed by atoms with van der Waals surface area (Å²) in [6, 6.07) is 9.81. The Morgan fingerprint density at radius 1 is 1.28 bits per heavy atom. The van der Waals surface area contributed by atoms with Gasteiger partial charge in [0.15, 0.2) is 0 Å². The van der Waals surface area contributed by atoms with Gasteiger partial charge in [-0.2, -0.15) is 0 Å². The summed E-state index contributed by atoms with van der Waals surface area (Å²) in [6.07, 6.45) is 2.72. The van der Waals surface area contributed by atoms with Gasteiger partial charge in [0.1, 0.15) is 0 Å². The third-order valence-corrected chi connectivity index (χ3v) is 3.20. The first-order valence-electron chi connectivity index (χ1n) is 6.50. The Morgan fingerprint density at radius 2 is 2.00 bits per heavy atom. The summed E-state index contributed by atoms with van der Waals surface area (Å²) in [6.45, 7) is 2.45. The third-order valence-electron chi connectivity index (χ3n) is 3.20. The second-order valence-corrected chi connectivity index (χ2v) is 4.70. The molecule has 0 radical (unpaired) electrons. The number of nitrogens with one attached hydrogen (secondary N) is 2. The van der Waals surface area contributed by atoms with Crippen LogP contribution in [0.4, 0.5) is 0 Å². The van der Waals surface area contributed by atoms with Gasteiger partial charge in [0.05, 0.1) is 6.61 Å². The molecule has 0 saturated carbocycles. The molecule has 1 aliphatic rings. The molecule has 1 saturated heterocycles. The predicted molar refractivity (Wildman–Crippen MR) is 69.6 cm³/mol. The summed E-state index contributed by atoms with van der Waals surface area (Å²) in [5.41, 5.74) is 3.57. The first-order valence-corrected chi connectivity index (χ1v) is 6.50. The van der Waals surface area contributed by atoms with Gasteiger partial charge in [-0.3, -0.25) is 9.63 Å². The number of rotatable bonds is 5. The molecular weight excluding hydrogens is 228 g/mol. The molecule has 2 rings (SSSR count). The molecule has 0 aliphatic carbocycles. The van der Waals surface area contributed by atoms with Gasteiger partial charge >= 0.3 is 0 Å². The van der Waals surface area contributed by atoms with Crippen molar-refractivity contribution in [1.82, 2.24) is 10.8 Å². The van der Waals surface area contributed by atoms with Gasteiger partial charge in [-0.1, -0.05) is 30.3 Å². The second-order valence-electron chi connectivity index (χ2n) is 4.70. The van der Waals surface area contributed by atoms with E-state index in [2.05, 4.69) is 10.8 Å². The van der Waals surface area contributed by atoms with Crippen molar-refractivity contribution in [3.63, 3.8) is 0 Å². The number of piperidine rings is 1. The lowest BCUT2D eigenvalue weighted by Crippen LogP contribution is -2.32. The summed E-state index contributed by atoms with van der Waals surface area (Å²) in [5, 5.41) is 3.29. The van der Waals surface area contributed by atoms with Crippen molar-refractivity contribution in [2.75, 3.05) is 13.1 Å². The lowest BCUT2D eigenvalue weighted by molar-refractivity contribution is -0.135. The maximum absolute atomic E-state index is 11.6. The van der Waals surface area contributed by atoms with E-state index in [1.807, 2.05) is 30.3 Å². The molecule has 18 heavy (non-hydrogen) atoms. The molecule has 1 fully saturated rings. The normalized spacial score (nSPS) is 16.4. The molecule has 0 bridgehead atoms. The molecule has 4 heteroatoms. The van der Waals surface area contributed by atoms with Crippen LogP contribution in [0.3, 0.4) is 0 Å². The number of benzene rings is 1. The van der Waals surface area contributed by atoms with Gasteiger partial charge < -0.3 is 5.32 Å². The zero-order chi connectivity index (χ0) is 12.6. The summed E-state index contributed by atoms with van der Waals surface area (Å²) >= 11 is 0. The molecule has 1 heterocycles. The molecule has 1 aliphatic heterocycles. The number of amides is 1. The van der Waals surface area contributed by atoms with E-state index >= 15 is 0 Å². The van der Waals surface area contributed by atoms with Crippen molar-refractivity contribution in [2.45, 2.75) is 25.9 Å². The van der Waals surface area contributed by atoms with E-state index in [1.54, 1.807) is 0 Å². The van der Waals surface area contributed by atoms with Crippen molar-refractivity contribution in [1.29, 1.82) is 0 Å². The molecule has 1 aromatic carbocycles. The van der Waals surface area contributed by atoms with Crippen LogP contribution in [0.2, 0.25) is 0 Å². The highest BCUT2D eigenvalue weighted by atomic mass is 16.6. The minimum absolute atomic E-state index is 0.0159. The van der Waals surface area contributed by atoms with E-state index in [4.69, 9.17) is 4.84 Å². The Hall–Kier alpha value is -1.39. The molecule has 1 amide bonds. The lowest BCUT2D eigenvalue weighted by Gasteiger charge is -2.21. The van der Waals surface area contributed by atoms with Crippen molar-refractivity contribution < 1.29 is 9.63 Å². The number of hydroxylamine groups is 1. The summed E-state index contributed by atoms with van der Waals surface area (Å²) in [4.78, 5) is 16.9. The van der Waals surface area contributed by atoms with Crippen molar-refractivity contribution in [3.8, 4) is 0 Å². The zero-order valence-corrected chi connectivity index (χ0v) is 10.5. The van der Waals surface area contributed by atoms with Gasteiger partial charge in [0.2, 0.25) is 5.91 Å². The predicted octanol–water partition coefficient (Wildman–Crippen LogP) is 1.62. The van der Waals surface area contributed by atoms with E-state index in [1.165, 1.54) is 0 Å². The van der Waals surface area contributed by atoms with Crippen LogP contribution in [0.15, 0.2) is 30.3 Å². The van der Waals surface area contributed by atoms with Gasteiger partial charge in [-0.15, -0.1) is 0 Å². The van der Waals surface area contributed by atoms with Crippen LogP contribution >= 0.6 is 0 Å². The van der Waals surface area contributed by atoms with Crippen LogP contribution < -0.4 is 10.8 Å². The molecule has 0 aromatic heterocycles. The van der Waals surface area contributed by atoms with E-state index in [0.717, 1.165) is 31.5 Å². The van der Waals surface area contributed by atoms with E-state index < -0.39 is 0 Å². The van der Waals surface area contributed by atoms with Crippen molar-refractivity contribution in [3.05, 3.63) is 35.9 Å². The molecule has 2 N–H and O–H groups in total. The van der Waals surface area contributed by atoms with Crippen LogP contribution in [0.25, 0.3) is 0 Å². The Balaban J connectivity index is 1.62. The Morgan fingerprint density at radius 3 is 2.72 bits per heavy atom. The molecule has 0 spiro atoms. The van der Waals surface area contributed by atoms with Crippen LogP contribution in [0.5, 0.6) is 0 Å². The maximum atomic E-state index is 11.6. The molecule has 0 atom stereocenters. The number of hydrogen-bond acceptors (Lipinski definition) is 3. The summed E-state index contributed by atoms with van der Waals surface area (Å²) in [7, 11) is 0. The lowest BCUT2D eigenvalue weighted by atomic mass is 9.94. The molecule has 98 valence electrons. The smallest absolute Gasteiger partial charge is 0.243 e. The third kappa shape index (κ3) is 4.47. The first-order chi connectivity index (χ1) is 8.84. The van der Waals surface area contributed by atoms with Gasteiger partial charge in [0, 0.05) is 6.42 Å². The minimum atomic E-state index is -0.0159. The van der Waals surface area contributed by atoms with Crippen molar-refractivity contribution >= 4 is 5.91 Å². The highest BCUT2D eigenvalue weighted by Gasteiger charge is 2.16. The largest absolute Gasteiger partial charge is 0.317 e. The summed E-state index contributed by atoms with van der Waals surface area (Å²) < 4.78 is 0. The first kappa shape index (κ1) is 13.1. The summed E-state index contributed by atoms with van der Waals surface area (Å²) in [5.74, 6) is 0.476. The highest BCUT2D eigenvalue weighted by molar-refractivity contribution is 5.75. The maximum Gasteiger partial charge on any atom is 0.243 e. The molecule has 1 aromatic rings. The van der Waals surface area contributed by atoms with Gasteiger partial charge in [-0.05, 0) is 37.4 Å². The van der Waals surface area contributed by atoms with Crippen LogP contribution in [0.1, 0.15) is 24.8 Å². The molecule has 4 nitrogen and oxygen atoms in total. The highest BCUT2D eigenvalue weighted by Crippen LogP contribution is 2.15. The fourth-order valence-corrected chi connectivity index (χ4v) is 2.16. The monoisotopic (exact) mass is 248 g/mol. The topological polar surface area (TPSA) is 50.4 Å². The minimum Gasteiger partial charge on any atom is -0.317 e. The van der Waals surface area contributed by atoms with Gasteiger partial charge in [0.25, 0.3) is 0 Å². The van der Waals surface area contributed by atoms with Crippen LogP contribution in [-0.4, -0.2) is 19.0 Å².